The van der Waals surface area contributed by atoms with Crippen molar-refractivity contribution in [2.24, 2.45) is 5.92 Å². The SMILES string of the molecule is CC(C)C(NC(=O)c1ccc(F)cc1N)c1cccs1. The van der Waals surface area contributed by atoms with Crippen LogP contribution in [0.4, 0.5) is 10.1 Å². The highest BCUT2D eigenvalue weighted by atomic mass is 32.1. The Kier molecular flexibility index (Phi) is 4.39. The first-order valence-corrected chi connectivity index (χ1v) is 7.26. The van der Waals surface area contributed by atoms with E-state index in [4.69, 9.17) is 5.73 Å². The normalized spacial score (nSPS) is 12.4. The summed E-state index contributed by atoms with van der Waals surface area (Å²) in [5, 5.41) is 4.94. The average molecular weight is 292 g/mol. The van der Waals surface area contributed by atoms with Crippen molar-refractivity contribution in [1.29, 1.82) is 0 Å². The van der Waals surface area contributed by atoms with Crippen LogP contribution < -0.4 is 11.1 Å². The molecule has 0 saturated carbocycles. The predicted octanol–water partition coefficient (Wildman–Crippen LogP) is 3.60. The Morgan fingerprint density at radius 1 is 1.35 bits per heavy atom. The number of nitrogens with one attached hydrogen (secondary N) is 1. The molecule has 2 rings (SSSR count). The fourth-order valence-electron chi connectivity index (χ4n) is 1.99. The number of carbonyl (C=O) groups is 1. The third-order valence-corrected chi connectivity index (χ3v) is 4.02. The topological polar surface area (TPSA) is 55.1 Å². The lowest BCUT2D eigenvalue weighted by atomic mass is 10.0. The van der Waals surface area contributed by atoms with E-state index in [-0.39, 0.29) is 23.6 Å². The number of thiophene rings is 1. The number of nitrogen functional groups attached to an aromatic ring is 1. The minimum atomic E-state index is -0.447. The Morgan fingerprint density at radius 3 is 2.65 bits per heavy atom. The van der Waals surface area contributed by atoms with Crippen LogP contribution in [-0.4, -0.2) is 5.91 Å². The predicted molar refractivity (Wildman–Crippen MR) is 80.2 cm³/mol. The molecule has 0 aliphatic heterocycles. The molecule has 0 fully saturated rings. The van der Waals surface area contributed by atoms with Crippen molar-refractivity contribution in [1.82, 2.24) is 5.32 Å². The van der Waals surface area contributed by atoms with Crippen molar-refractivity contribution in [3.05, 3.63) is 52.0 Å². The molecule has 0 aliphatic rings. The molecule has 0 aliphatic carbocycles. The molecular weight excluding hydrogens is 275 g/mol. The van der Waals surface area contributed by atoms with Gasteiger partial charge in [0.1, 0.15) is 5.82 Å². The second-order valence-electron chi connectivity index (χ2n) is 4.94. The third kappa shape index (κ3) is 3.17. The molecule has 1 atom stereocenters. The first-order valence-electron chi connectivity index (χ1n) is 6.38. The summed E-state index contributed by atoms with van der Waals surface area (Å²) in [6, 6.07) is 7.67. The molecule has 0 saturated heterocycles. The fourth-order valence-corrected chi connectivity index (χ4v) is 2.94. The Labute approximate surface area is 121 Å². The Morgan fingerprint density at radius 2 is 2.10 bits per heavy atom. The summed E-state index contributed by atoms with van der Waals surface area (Å²) in [5.74, 6) is -0.480. The number of amides is 1. The Bertz CT molecular complexity index is 596. The summed E-state index contributed by atoms with van der Waals surface area (Å²) in [4.78, 5) is 13.4. The van der Waals surface area contributed by atoms with Gasteiger partial charge >= 0.3 is 0 Å². The molecule has 20 heavy (non-hydrogen) atoms. The van der Waals surface area contributed by atoms with Crippen LogP contribution in [0.5, 0.6) is 0 Å². The highest BCUT2D eigenvalue weighted by Gasteiger charge is 2.21. The monoisotopic (exact) mass is 292 g/mol. The molecule has 1 aromatic heterocycles. The van der Waals surface area contributed by atoms with Crippen LogP contribution in [0.15, 0.2) is 35.7 Å². The maximum absolute atomic E-state index is 13.0. The van der Waals surface area contributed by atoms with E-state index in [1.807, 2.05) is 31.4 Å². The van der Waals surface area contributed by atoms with Crippen LogP contribution >= 0.6 is 11.3 Å². The first-order chi connectivity index (χ1) is 9.49. The number of carbonyl (C=O) groups excluding carboxylic acids is 1. The van der Waals surface area contributed by atoms with Gasteiger partial charge < -0.3 is 11.1 Å². The minimum Gasteiger partial charge on any atom is -0.398 e. The van der Waals surface area contributed by atoms with Gasteiger partial charge in [-0.3, -0.25) is 4.79 Å². The molecule has 1 amide bonds. The maximum atomic E-state index is 13.0. The van der Waals surface area contributed by atoms with Crippen molar-refractivity contribution in [2.45, 2.75) is 19.9 Å². The first kappa shape index (κ1) is 14.5. The molecule has 0 spiro atoms. The molecule has 5 heteroatoms. The summed E-state index contributed by atoms with van der Waals surface area (Å²) in [5.41, 5.74) is 6.14. The Balaban J connectivity index is 2.21. The van der Waals surface area contributed by atoms with Gasteiger partial charge in [0.15, 0.2) is 0 Å². The molecule has 0 radical (unpaired) electrons. The second kappa shape index (κ2) is 6.05. The van der Waals surface area contributed by atoms with Gasteiger partial charge in [-0.1, -0.05) is 19.9 Å². The molecule has 3 nitrogen and oxygen atoms in total. The number of anilines is 1. The summed E-state index contributed by atoms with van der Waals surface area (Å²) in [7, 11) is 0. The van der Waals surface area contributed by atoms with Gasteiger partial charge in [0.2, 0.25) is 0 Å². The number of benzene rings is 1. The highest BCUT2D eigenvalue weighted by Crippen LogP contribution is 2.26. The summed E-state index contributed by atoms with van der Waals surface area (Å²) >= 11 is 1.60. The fraction of sp³-hybridized carbons (Fsp3) is 0.267. The van der Waals surface area contributed by atoms with E-state index in [9.17, 15) is 9.18 Å². The number of halogens is 1. The van der Waals surface area contributed by atoms with Gasteiger partial charge in [0.05, 0.1) is 11.6 Å². The quantitative estimate of drug-likeness (QED) is 0.846. The van der Waals surface area contributed by atoms with Crippen LogP contribution in [0.3, 0.4) is 0 Å². The molecular formula is C15H17FN2OS. The largest absolute Gasteiger partial charge is 0.398 e. The van der Waals surface area contributed by atoms with Crippen molar-refractivity contribution in [2.75, 3.05) is 5.73 Å². The van der Waals surface area contributed by atoms with Crippen LogP contribution in [0, 0.1) is 11.7 Å². The Hall–Kier alpha value is -1.88. The van der Waals surface area contributed by atoms with Gasteiger partial charge in [-0.25, -0.2) is 4.39 Å². The zero-order valence-electron chi connectivity index (χ0n) is 11.4. The highest BCUT2D eigenvalue weighted by molar-refractivity contribution is 7.10. The van der Waals surface area contributed by atoms with Crippen LogP contribution in [0.2, 0.25) is 0 Å². The molecule has 2 aromatic rings. The second-order valence-corrected chi connectivity index (χ2v) is 5.92. The third-order valence-electron chi connectivity index (χ3n) is 3.06. The van der Waals surface area contributed by atoms with E-state index < -0.39 is 5.82 Å². The van der Waals surface area contributed by atoms with Crippen LogP contribution in [0.25, 0.3) is 0 Å². The smallest absolute Gasteiger partial charge is 0.253 e. The number of hydrogen-bond acceptors (Lipinski definition) is 3. The van der Waals surface area contributed by atoms with Crippen molar-refractivity contribution in [3.63, 3.8) is 0 Å². The zero-order valence-corrected chi connectivity index (χ0v) is 12.2. The van der Waals surface area contributed by atoms with Gasteiger partial charge in [-0.15, -0.1) is 11.3 Å². The summed E-state index contributed by atoms with van der Waals surface area (Å²) < 4.78 is 13.0. The van der Waals surface area contributed by atoms with Crippen molar-refractivity contribution >= 4 is 22.9 Å². The standard InChI is InChI=1S/C15H17FN2OS/c1-9(2)14(13-4-3-7-20-13)18-15(19)11-6-5-10(16)8-12(11)17/h3-9,14H,17H2,1-2H3,(H,18,19). The van der Waals surface area contributed by atoms with Crippen LogP contribution in [-0.2, 0) is 0 Å². The average Bonchev–Trinajstić information content (AvgIpc) is 2.88. The molecule has 1 heterocycles. The van der Waals surface area contributed by atoms with E-state index in [1.54, 1.807) is 11.3 Å². The van der Waals surface area contributed by atoms with E-state index in [2.05, 4.69) is 5.32 Å². The van der Waals surface area contributed by atoms with Gasteiger partial charge in [0.25, 0.3) is 5.91 Å². The van der Waals surface area contributed by atoms with Gasteiger partial charge in [-0.05, 0) is 35.6 Å². The van der Waals surface area contributed by atoms with Crippen molar-refractivity contribution < 1.29 is 9.18 Å². The van der Waals surface area contributed by atoms with Crippen LogP contribution in [0.1, 0.15) is 35.1 Å². The van der Waals surface area contributed by atoms with Gasteiger partial charge in [0, 0.05) is 10.6 Å². The van der Waals surface area contributed by atoms with E-state index in [0.717, 1.165) is 10.9 Å². The molecule has 1 aromatic carbocycles. The number of hydrogen-bond donors (Lipinski definition) is 2. The lowest BCUT2D eigenvalue weighted by Gasteiger charge is -2.21. The number of nitrogens with two attached hydrogens (primary N) is 1. The summed E-state index contributed by atoms with van der Waals surface area (Å²) in [6.45, 7) is 4.08. The number of rotatable bonds is 4. The zero-order chi connectivity index (χ0) is 14.7. The van der Waals surface area contributed by atoms with E-state index in [1.165, 1.54) is 12.1 Å². The molecule has 106 valence electrons. The van der Waals surface area contributed by atoms with Gasteiger partial charge in [-0.2, -0.15) is 0 Å². The maximum Gasteiger partial charge on any atom is 0.253 e. The minimum absolute atomic E-state index is 0.0769. The molecule has 3 N–H and O–H groups in total. The molecule has 1 unspecified atom stereocenters. The lowest BCUT2D eigenvalue weighted by Crippen LogP contribution is -2.31. The van der Waals surface area contributed by atoms with Crippen molar-refractivity contribution in [3.8, 4) is 0 Å². The summed E-state index contributed by atoms with van der Waals surface area (Å²) in [6.07, 6.45) is 0. The van der Waals surface area contributed by atoms with E-state index in [0.29, 0.717) is 5.56 Å². The van der Waals surface area contributed by atoms with E-state index >= 15 is 0 Å². The molecule has 0 bridgehead atoms. The lowest BCUT2D eigenvalue weighted by molar-refractivity contribution is 0.0927.